The first-order valence-electron chi connectivity index (χ1n) is 7.82. The highest BCUT2D eigenvalue weighted by molar-refractivity contribution is 6.18. The van der Waals surface area contributed by atoms with Gasteiger partial charge in [-0.3, -0.25) is 4.79 Å². The molecule has 110 valence electrons. The first-order valence-corrected chi connectivity index (χ1v) is 7.82. The molecule has 4 rings (SSSR count). The topological polar surface area (TPSA) is 17.1 Å². The van der Waals surface area contributed by atoms with Crippen molar-refractivity contribution in [1.29, 1.82) is 0 Å². The van der Waals surface area contributed by atoms with E-state index in [0.29, 0.717) is 0 Å². The monoisotopic (exact) mass is 296 g/mol. The fourth-order valence-corrected chi connectivity index (χ4v) is 3.18. The number of fused-ring (bicyclic) bond motifs is 1. The summed E-state index contributed by atoms with van der Waals surface area (Å²) in [4.78, 5) is 13.2. The molecule has 0 saturated carbocycles. The van der Waals surface area contributed by atoms with Crippen molar-refractivity contribution in [2.45, 2.75) is 6.42 Å². The standard InChI is InChI=1S/C22H16O/c23-22(21-15-7-11-17-10-3-4-12-19(17)21)20-14-6-5-13-18(20)16-8-1-2-9-16/h1-8,10-15H,9H2. The molecule has 1 aliphatic rings. The Morgan fingerprint density at radius 3 is 2.39 bits per heavy atom. The molecule has 0 unspecified atom stereocenters. The normalized spacial score (nSPS) is 13.3. The highest BCUT2D eigenvalue weighted by Crippen LogP contribution is 2.29. The number of ketones is 1. The second-order valence-electron chi connectivity index (χ2n) is 5.73. The van der Waals surface area contributed by atoms with Crippen LogP contribution in [0.15, 0.2) is 85.0 Å². The second-order valence-corrected chi connectivity index (χ2v) is 5.73. The highest BCUT2D eigenvalue weighted by atomic mass is 16.1. The molecule has 0 N–H and O–H groups in total. The van der Waals surface area contributed by atoms with E-state index < -0.39 is 0 Å². The predicted molar refractivity (Wildman–Crippen MR) is 95.6 cm³/mol. The third kappa shape index (κ3) is 2.40. The number of carbonyl (C=O) groups excluding carboxylic acids is 1. The van der Waals surface area contributed by atoms with Gasteiger partial charge < -0.3 is 0 Å². The molecule has 0 fully saturated rings. The van der Waals surface area contributed by atoms with Crippen LogP contribution in [-0.4, -0.2) is 5.78 Å². The van der Waals surface area contributed by atoms with E-state index >= 15 is 0 Å². The van der Waals surface area contributed by atoms with Gasteiger partial charge in [0.25, 0.3) is 0 Å². The van der Waals surface area contributed by atoms with E-state index in [1.54, 1.807) is 0 Å². The van der Waals surface area contributed by atoms with Gasteiger partial charge in [0.2, 0.25) is 0 Å². The van der Waals surface area contributed by atoms with Crippen molar-refractivity contribution in [3.05, 3.63) is 102 Å². The third-order valence-corrected chi connectivity index (χ3v) is 4.32. The Morgan fingerprint density at radius 1 is 0.783 bits per heavy atom. The summed E-state index contributed by atoms with van der Waals surface area (Å²) in [6.45, 7) is 0. The molecule has 23 heavy (non-hydrogen) atoms. The van der Waals surface area contributed by atoms with Crippen molar-refractivity contribution in [1.82, 2.24) is 0 Å². The quantitative estimate of drug-likeness (QED) is 0.590. The van der Waals surface area contributed by atoms with Gasteiger partial charge in [0.15, 0.2) is 5.78 Å². The molecule has 0 heterocycles. The molecule has 0 aromatic heterocycles. The fourth-order valence-electron chi connectivity index (χ4n) is 3.18. The maximum absolute atomic E-state index is 13.2. The van der Waals surface area contributed by atoms with Gasteiger partial charge in [0.05, 0.1) is 0 Å². The number of benzene rings is 3. The van der Waals surface area contributed by atoms with E-state index in [2.05, 4.69) is 18.2 Å². The summed E-state index contributed by atoms with van der Waals surface area (Å²) in [5.41, 5.74) is 3.78. The van der Waals surface area contributed by atoms with Crippen LogP contribution in [0.5, 0.6) is 0 Å². The van der Waals surface area contributed by atoms with Crippen LogP contribution in [0.1, 0.15) is 27.9 Å². The van der Waals surface area contributed by atoms with Crippen LogP contribution < -0.4 is 0 Å². The molecule has 0 amide bonds. The van der Waals surface area contributed by atoms with Gasteiger partial charge in [-0.15, -0.1) is 0 Å². The van der Waals surface area contributed by atoms with Crippen LogP contribution >= 0.6 is 0 Å². The van der Waals surface area contributed by atoms with E-state index in [1.807, 2.05) is 66.7 Å². The average molecular weight is 296 g/mol. The first kappa shape index (κ1) is 13.7. The minimum absolute atomic E-state index is 0.0881. The minimum Gasteiger partial charge on any atom is -0.289 e. The zero-order valence-corrected chi connectivity index (χ0v) is 12.7. The van der Waals surface area contributed by atoms with Gasteiger partial charge in [-0.1, -0.05) is 85.0 Å². The Bertz CT molecular complexity index is 955. The van der Waals surface area contributed by atoms with Crippen LogP contribution in [0, 0.1) is 0 Å². The van der Waals surface area contributed by atoms with Gasteiger partial charge in [0.1, 0.15) is 0 Å². The van der Waals surface area contributed by atoms with Crippen LogP contribution in [0.2, 0.25) is 0 Å². The van der Waals surface area contributed by atoms with Crippen molar-refractivity contribution in [2.24, 2.45) is 0 Å². The lowest BCUT2D eigenvalue weighted by molar-refractivity contribution is 0.104. The van der Waals surface area contributed by atoms with Crippen molar-refractivity contribution in [2.75, 3.05) is 0 Å². The molecule has 3 aromatic rings. The highest BCUT2D eigenvalue weighted by Gasteiger charge is 2.17. The van der Waals surface area contributed by atoms with E-state index in [9.17, 15) is 4.79 Å². The SMILES string of the molecule is O=C(c1ccccc1C1=CC=CC1)c1cccc2ccccc12. The van der Waals surface area contributed by atoms with Crippen LogP contribution in [0.4, 0.5) is 0 Å². The second kappa shape index (κ2) is 5.69. The Hall–Kier alpha value is -2.93. The Labute approximate surface area is 135 Å². The summed E-state index contributed by atoms with van der Waals surface area (Å²) in [7, 11) is 0. The van der Waals surface area contributed by atoms with Crippen molar-refractivity contribution < 1.29 is 4.79 Å². The number of carbonyl (C=O) groups is 1. The summed E-state index contributed by atoms with van der Waals surface area (Å²) in [5, 5.41) is 2.10. The maximum Gasteiger partial charge on any atom is 0.194 e. The lowest BCUT2D eigenvalue weighted by Crippen LogP contribution is -2.05. The molecule has 1 heteroatoms. The Morgan fingerprint density at radius 2 is 1.52 bits per heavy atom. The molecule has 0 radical (unpaired) electrons. The average Bonchev–Trinajstić information content (AvgIpc) is 3.15. The van der Waals surface area contributed by atoms with Crippen LogP contribution in [-0.2, 0) is 0 Å². The largest absolute Gasteiger partial charge is 0.289 e. The van der Waals surface area contributed by atoms with Gasteiger partial charge in [-0.25, -0.2) is 0 Å². The summed E-state index contributed by atoms with van der Waals surface area (Å²) >= 11 is 0. The smallest absolute Gasteiger partial charge is 0.194 e. The van der Waals surface area contributed by atoms with E-state index in [0.717, 1.165) is 33.9 Å². The minimum atomic E-state index is 0.0881. The molecule has 0 bridgehead atoms. The summed E-state index contributed by atoms with van der Waals surface area (Å²) < 4.78 is 0. The number of allylic oxidation sites excluding steroid dienone is 4. The Balaban J connectivity index is 1.87. The lowest BCUT2D eigenvalue weighted by atomic mass is 9.91. The van der Waals surface area contributed by atoms with E-state index in [1.165, 1.54) is 5.57 Å². The maximum atomic E-state index is 13.2. The van der Waals surface area contributed by atoms with Crippen molar-refractivity contribution in [3.8, 4) is 0 Å². The summed E-state index contributed by atoms with van der Waals surface area (Å²) in [5.74, 6) is 0.0881. The molecule has 0 saturated heterocycles. The molecule has 1 nitrogen and oxygen atoms in total. The molecule has 1 aliphatic carbocycles. The molecule has 0 spiro atoms. The third-order valence-electron chi connectivity index (χ3n) is 4.32. The van der Waals surface area contributed by atoms with Crippen LogP contribution in [0.25, 0.3) is 16.3 Å². The molecule has 0 atom stereocenters. The zero-order valence-electron chi connectivity index (χ0n) is 12.7. The van der Waals surface area contributed by atoms with Crippen LogP contribution in [0.3, 0.4) is 0 Å². The van der Waals surface area contributed by atoms with Gasteiger partial charge >= 0.3 is 0 Å². The Kier molecular flexibility index (Phi) is 3.39. The fraction of sp³-hybridized carbons (Fsp3) is 0.0455. The predicted octanol–water partition coefficient (Wildman–Crippen LogP) is 5.41. The first-order chi connectivity index (χ1) is 11.3. The summed E-state index contributed by atoms with van der Waals surface area (Å²) in [6, 6.07) is 21.9. The number of hydrogen-bond acceptors (Lipinski definition) is 1. The zero-order chi connectivity index (χ0) is 15.6. The molecule has 0 aliphatic heterocycles. The summed E-state index contributed by atoms with van der Waals surface area (Å²) in [6.07, 6.45) is 7.15. The number of rotatable bonds is 3. The molecular weight excluding hydrogens is 280 g/mol. The van der Waals surface area contributed by atoms with E-state index in [4.69, 9.17) is 0 Å². The molecular formula is C22H16O. The van der Waals surface area contributed by atoms with Crippen molar-refractivity contribution >= 4 is 22.1 Å². The molecule has 3 aromatic carbocycles. The van der Waals surface area contributed by atoms with Gasteiger partial charge in [0, 0.05) is 11.1 Å². The number of hydrogen-bond donors (Lipinski definition) is 0. The van der Waals surface area contributed by atoms with Crippen molar-refractivity contribution in [3.63, 3.8) is 0 Å². The van der Waals surface area contributed by atoms with Gasteiger partial charge in [-0.05, 0) is 28.3 Å². The van der Waals surface area contributed by atoms with E-state index in [-0.39, 0.29) is 5.78 Å². The van der Waals surface area contributed by atoms with Gasteiger partial charge in [-0.2, -0.15) is 0 Å². The lowest BCUT2D eigenvalue weighted by Gasteiger charge is -2.11.